The molecule has 2 nitrogen and oxygen atoms in total. The maximum atomic E-state index is 3.74. The summed E-state index contributed by atoms with van der Waals surface area (Å²) in [5, 5.41) is 3.74. The van der Waals surface area contributed by atoms with Crippen LogP contribution in [-0.2, 0) is 0 Å². The van der Waals surface area contributed by atoms with E-state index in [1.54, 1.807) is 0 Å². The molecule has 18 heavy (non-hydrogen) atoms. The molecule has 108 valence electrons. The smallest absolute Gasteiger partial charge is 0.0246 e. The van der Waals surface area contributed by atoms with Crippen LogP contribution < -0.4 is 5.32 Å². The molecule has 0 bridgehead atoms. The van der Waals surface area contributed by atoms with Gasteiger partial charge in [0.2, 0.25) is 0 Å². The molecule has 1 atom stereocenters. The Labute approximate surface area is 115 Å². The van der Waals surface area contributed by atoms with E-state index < -0.39 is 0 Å². The monoisotopic (exact) mass is 254 g/mol. The summed E-state index contributed by atoms with van der Waals surface area (Å²) >= 11 is 0. The van der Waals surface area contributed by atoms with Gasteiger partial charge in [-0.15, -0.1) is 0 Å². The van der Waals surface area contributed by atoms with Gasteiger partial charge in [-0.05, 0) is 36.6 Å². The van der Waals surface area contributed by atoms with E-state index in [4.69, 9.17) is 0 Å². The molecule has 2 heteroatoms. The van der Waals surface area contributed by atoms with Crippen molar-refractivity contribution < 1.29 is 0 Å². The van der Waals surface area contributed by atoms with Crippen molar-refractivity contribution in [1.29, 1.82) is 0 Å². The fraction of sp³-hybridized carbons (Fsp3) is 1.00. The van der Waals surface area contributed by atoms with Crippen LogP contribution in [0.1, 0.15) is 54.4 Å². The highest BCUT2D eigenvalue weighted by atomic mass is 15.2. The summed E-state index contributed by atoms with van der Waals surface area (Å²) in [5.74, 6) is 1.52. The normalized spacial score (nSPS) is 24.2. The average Bonchev–Trinajstić information content (AvgIpc) is 2.19. The Bertz CT molecular complexity index is 223. The summed E-state index contributed by atoms with van der Waals surface area (Å²) in [4.78, 5) is 2.67. The second-order valence-corrected chi connectivity index (χ2v) is 7.61. The van der Waals surface area contributed by atoms with E-state index in [0.717, 1.165) is 11.8 Å². The highest BCUT2D eigenvalue weighted by molar-refractivity contribution is 4.90. The molecule has 1 N–H and O–H groups in total. The third kappa shape index (κ3) is 5.27. The maximum absolute atomic E-state index is 3.74. The van der Waals surface area contributed by atoms with Crippen molar-refractivity contribution in [2.75, 3.05) is 26.2 Å². The van der Waals surface area contributed by atoms with Crippen LogP contribution in [0, 0.1) is 17.3 Å². The SMILES string of the molecule is CC(C)CN(CC(C)C)CC1NCCCC1(C)C. The first kappa shape index (κ1) is 16.0. The number of nitrogens with zero attached hydrogens (tertiary/aromatic N) is 1. The summed E-state index contributed by atoms with van der Waals surface area (Å²) in [7, 11) is 0. The molecule has 1 heterocycles. The summed E-state index contributed by atoms with van der Waals surface area (Å²) in [6.07, 6.45) is 2.69. The van der Waals surface area contributed by atoms with Gasteiger partial charge >= 0.3 is 0 Å². The minimum Gasteiger partial charge on any atom is -0.312 e. The number of hydrogen-bond donors (Lipinski definition) is 1. The molecular weight excluding hydrogens is 220 g/mol. The van der Waals surface area contributed by atoms with Crippen molar-refractivity contribution in [3.63, 3.8) is 0 Å². The standard InChI is InChI=1S/C16H34N2/c1-13(2)10-18(11-14(3)4)12-15-16(5,6)8-7-9-17-15/h13-15,17H,7-12H2,1-6H3. The van der Waals surface area contributed by atoms with Gasteiger partial charge in [0.05, 0.1) is 0 Å². The lowest BCUT2D eigenvalue weighted by Gasteiger charge is -2.42. The van der Waals surface area contributed by atoms with E-state index in [0.29, 0.717) is 11.5 Å². The van der Waals surface area contributed by atoms with Crippen LogP contribution in [0.25, 0.3) is 0 Å². The second kappa shape index (κ2) is 6.91. The van der Waals surface area contributed by atoms with E-state index in [1.807, 2.05) is 0 Å². The van der Waals surface area contributed by atoms with Gasteiger partial charge in [-0.3, -0.25) is 0 Å². The van der Waals surface area contributed by atoms with Gasteiger partial charge < -0.3 is 10.2 Å². The Morgan fingerprint density at radius 1 is 1.11 bits per heavy atom. The number of rotatable bonds is 6. The van der Waals surface area contributed by atoms with Crippen molar-refractivity contribution in [3.05, 3.63) is 0 Å². The quantitative estimate of drug-likeness (QED) is 0.782. The van der Waals surface area contributed by atoms with Crippen LogP contribution in [0.15, 0.2) is 0 Å². The van der Waals surface area contributed by atoms with Gasteiger partial charge in [-0.25, -0.2) is 0 Å². The zero-order valence-corrected chi connectivity index (χ0v) is 13.4. The van der Waals surface area contributed by atoms with E-state index in [9.17, 15) is 0 Å². The summed E-state index contributed by atoms with van der Waals surface area (Å²) in [6, 6.07) is 0.656. The molecule has 1 saturated heterocycles. The highest BCUT2D eigenvalue weighted by Crippen LogP contribution is 2.30. The molecule has 0 radical (unpaired) electrons. The fourth-order valence-electron chi connectivity index (χ4n) is 3.10. The third-order valence-corrected chi connectivity index (χ3v) is 4.02. The Balaban J connectivity index is 2.57. The van der Waals surface area contributed by atoms with E-state index >= 15 is 0 Å². The molecule has 1 rings (SSSR count). The summed E-state index contributed by atoms with van der Waals surface area (Å²) < 4.78 is 0. The molecule has 0 aromatic carbocycles. The lowest BCUT2D eigenvalue weighted by Crippen LogP contribution is -2.53. The van der Waals surface area contributed by atoms with Gasteiger partial charge in [0.25, 0.3) is 0 Å². The lowest BCUT2D eigenvalue weighted by atomic mass is 9.77. The molecule has 1 fully saturated rings. The van der Waals surface area contributed by atoms with Crippen molar-refractivity contribution in [2.24, 2.45) is 17.3 Å². The van der Waals surface area contributed by atoms with Gasteiger partial charge in [-0.1, -0.05) is 41.5 Å². The van der Waals surface area contributed by atoms with Crippen molar-refractivity contribution in [1.82, 2.24) is 10.2 Å². The first-order valence-corrected chi connectivity index (χ1v) is 7.77. The van der Waals surface area contributed by atoms with Crippen molar-refractivity contribution >= 4 is 0 Å². The van der Waals surface area contributed by atoms with Crippen molar-refractivity contribution in [2.45, 2.75) is 60.4 Å². The number of nitrogens with one attached hydrogen (secondary N) is 1. The minimum atomic E-state index is 0.449. The van der Waals surface area contributed by atoms with Crippen LogP contribution >= 0.6 is 0 Å². The van der Waals surface area contributed by atoms with E-state index in [-0.39, 0.29) is 0 Å². The predicted molar refractivity (Wildman–Crippen MR) is 80.9 cm³/mol. The van der Waals surface area contributed by atoms with Crippen LogP contribution in [0.2, 0.25) is 0 Å². The molecule has 0 aromatic heterocycles. The number of hydrogen-bond acceptors (Lipinski definition) is 2. The van der Waals surface area contributed by atoms with E-state index in [1.165, 1.54) is 39.0 Å². The minimum absolute atomic E-state index is 0.449. The first-order valence-electron chi connectivity index (χ1n) is 7.77. The molecule has 0 amide bonds. The third-order valence-electron chi connectivity index (χ3n) is 4.02. The molecular formula is C16H34N2. The van der Waals surface area contributed by atoms with Crippen LogP contribution in [0.4, 0.5) is 0 Å². The molecule has 0 saturated carbocycles. The zero-order chi connectivity index (χ0) is 13.8. The summed E-state index contributed by atoms with van der Waals surface area (Å²) in [6.45, 7) is 19.0. The summed E-state index contributed by atoms with van der Waals surface area (Å²) in [5.41, 5.74) is 0.449. The first-order chi connectivity index (χ1) is 8.31. The Kier molecular flexibility index (Phi) is 6.13. The lowest BCUT2D eigenvalue weighted by molar-refractivity contribution is 0.112. The topological polar surface area (TPSA) is 15.3 Å². The predicted octanol–water partition coefficient (Wildman–Crippen LogP) is 3.38. The van der Waals surface area contributed by atoms with Gasteiger partial charge in [-0.2, -0.15) is 0 Å². The zero-order valence-electron chi connectivity index (χ0n) is 13.4. The Morgan fingerprint density at radius 2 is 1.67 bits per heavy atom. The molecule has 1 aliphatic rings. The second-order valence-electron chi connectivity index (χ2n) is 7.61. The molecule has 1 unspecified atom stereocenters. The largest absolute Gasteiger partial charge is 0.312 e. The number of piperidine rings is 1. The van der Waals surface area contributed by atoms with Gasteiger partial charge in [0, 0.05) is 25.7 Å². The molecule has 0 spiro atoms. The van der Waals surface area contributed by atoms with Crippen LogP contribution in [0.3, 0.4) is 0 Å². The van der Waals surface area contributed by atoms with Gasteiger partial charge in [0.15, 0.2) is 0 Å². The highest BCUT2D eigenvalue weighted by Gasteiger charge is 2.33. The average molecular weight is 254 g/mol. The molecule has 1 aliphatic heterocycles. The fourth-order valence-corrected chi connectivity index (χ4v) is 3.10. The Hall–Kier alpha value is -0.0800. The molecule has 0 aromatic rings. The molecule has 0 aliphatic carbocycles. The van der Waals surface area contributed by atoms with Gasteiger partial charge in [0.1, 0.15) is 0 Å². The van der Waals surface area contributed by atoms with Crippen molar-refractivity contribution in [3.8, 4) is 0 Å². The van der Waals surface area contributed by atoms with E-state index in [2.05, 4.69) is 51.8 Å². The van der Waals surface area contributed by atoms with Crippen LogP contribution in [0.5, 0.6) is 0 Å². The maximum Gasteiger partial charge on any atom is 0.0246 e. The Morgan fingerprint density at radius 3 is 2.11 bits per heavy atom. The van der Waals surface area contributed by atoms with Crippen LogP contribution in [-0.4, -0.2) is 37.1 Å².